The van der Waals surface area contributed by atoms with Crippen molar-refractivity contribution < 1.29 is 40.3 Å². The third kappa shape index (κ3) is 5.39. The Hall–Kier alpha value is -4.52. The summed E-state index contributed by atoms with van der Waals surface area (Å²) in [7, 11) is 1.21. The van der Waals surface area contributed by atoms with Crippen LogP contribution in [0.2, 0.25) is 0 Å². The zero-order chi connectivity index (χ0) is 31.4. The van der Waals surface area contributed by atoms with Crippen LogP contribution < -0.4 is 15.1 Å². The topological polar surface area (TPSA) is 94.3 Å². The molecule has 1 N–H and O–H groups in total. The summed E-state index contributed by atoms with van der Waals surface area (Å²) in [5.74, 6) is -2.76. The van der Waals surface area contributed by atoms with Crippen LogP contribution in [-0.4, -0.2) is 32.2 Å². The van der Waals surface area contributed by atoms with E-state index in [1.807, 2.05) is 0 Å². The second-order valence-corrected chi connectivity index (χ2v) is 10.0. The average Bonchev–Trinajstić information content (AvgIpc) is 3.37. The van der Waals surface area contributed by atoms with Gasteiger partial charge in [-0.1, -0.05) is 6.07 Å². The fraction of sp³-hybridized carbons (Fsp3) is 0.269. The Bertz CT molecular complexity index is 1660. The van der Waals surface area contributed by atoms with Crippen molar-refractivity contribution in [3.63, 3.8) is 0 Å². The van der Waals surface area contributed by atoms with E-state index >= 15 is 4.39 Å². The van der Waals surface area contributed by atoms with E-state index in [2.05, 4.69) is 10.4 Å². The third-order valence-electron chi connectivity index (χ3n) is 6.43. The number of carbonyl (C=O) groups excluding carboxylic acids is 2. The quantitative estimate of drug-likeness (QED) is 0.310. The fourth-order valence-corrected chi connectivity index (χ4v) is 4.93. The number of anilines is 2. The summed E-state index contributed by atoms with van der Waals surface area (Å²) < 4.78 is 96.1. The molecular formula is C26H19F7N6O2S. The van der Waals surface area contributed by atoms with Crippen molar-refractivity contribution in [3.8, 4) is 6.07 Å². The Balaban J connectivity index is 1.60. The predicted octanol–water partition coefficient (Wildman–Crippen LogP) is 5.32. The highest BCUT2D eigenvalue weighted by Gasteiger charge is 2.51. The molecule has 0 atom stereocenters. The predicted molar refractivity (Wildman–Crippen MR) is 139 cm³/mol. The molecule has 0 unspecified atom stereocenters. The molecule has 1 aromatic heterocycles. The fourth-order valence-electron chi connectivity index (χ4n) is 4.41. The Morgan fingerprint density at radius 2 is 1.71 bits per heavy atom. The van der Waals surface area contributed by atoms with Gasteiger partial charge in [0, 0.05) is 31.0 Å². The minimum absolute atomic E-state index is 0.0460. The monoisotopic (exact) mass is 612 g/mol. The van der Waals surface area contributed by atoms with Crippen LogP contribution in [0.3, 0.4) is 0 Å². The van der Waals surface area contributed by atoms with Crippen molar-refractivity contribution in [3.05, 3.63) is 76.4 Å². The van der Waals surface area contributed by atoms with E-state index in [1.165, 1.54) is 44.0 Å². The molecule has 3 aromatic rings. The van der Waals surface area contributed by atoms with Gasteiger partial charge in [0.05, 0.1) is 28.4 Å². The summed E-state index contributed by atoms with van der Waals surface area (Å²) in [6.45, 7) is 2.35. The van der Waals surface area contributed by atoms with Crippen LogP contribution in [0.25, 0.3) is 0 Å². The van der Waals surface area contributed by atoms with Crippen molar-refractivity contribution in [2.45, 2.75) is 38.3 Å². The standard InChI is InChI=1S/C26H19F7N6O2S/c1-24(2)22(41)38(15-6-4-13(10-34)18(8-15)25(28,29)30)23(42)39(24)16-7-5-14(19(27)9-16)11-35-21(40)17-12-37(3)36-20(17)26(31,32)33/h4-9,12H,11H2,1-3H3,(H,35,40). The molecule has 1 fully saturated rings. The number of aryl methyl sites for hydroxylation is 1. The average molecular weight is 613 g/mol. The smallest absolute Gasteiger partial charge is 0.348 e. The van der Waals surface area contributed by atoms with Crippen LogP contribution in [0, 0.1) is 17.1 Å². The highest BCUT2D eigenvalue weighted by Crippen LogP contribution is 2.40. The summed E-state index contributed by atoms with van der Waals surface area (Å²) in [6.07, 6.45) is -8.90. The number of nitrogens with one attached hydrogen (secondary N) is 1. The van der Waals surface area contributed by atoms with Gasteiger partial charge in [-0.05, 0) is 56.4 Å². The van der Waals surface area contributed by atoms with Crippen LogP contribution in [0.4, 0.5) is 42.1 Å². The molecule has 42 heavy (non-hydrogen) atoms. The first-order valence-corrected chi connectivity index (χ1v) is 12.3. The molecule has 2 amide bonds. The molecule has 0 bridgehead atoms. The van der Waals surface area contributed by atoms with Gasteiger partial charge in [-0.15, -0.1) is 0 Å². The lowest BCUT2D eigenvalue weighted by atomic mass is 10.0. The normalized spacial score (nSPS) is 15.3. The van der Waals surface area contributed by atoms with Gasteiger partial charge < -0.3 is 10.2 Å². The van der Waals surface area contributed by atoms with Crippen molar-refractivity contribution in [2.75, 3.05) is 9.80 Å². The molecule has 1 aliphatic heterocycles. The minimum Gasteiger partial charge on any atom is -0.348 e. The molecule has 16 heteroatoms. The third-order valence-corrected chi connectivity index (χ3v) is 6.80. The number of nitriles is 1. The van der Waals surface area contributed by atoms with Crippen LogP contribution in [-0.2, 0) is 30.7 Å². The maximum Gasteiger partial charge on any atom is 0.435 e. The van der Waals surface area contributed by atoms with Gasteiger partial charge in [-0.2, -0.15) is 36.7 Å². The van der Waals surface area contributed by atoms with Crippen molar-refractivity contribution in [2.24, 2.45) is 7.05 Å². The molecule has 1 aliphatic rings. The number of alkyl halides is 6. The largest absolute Gasteiger partial charge is 0.435 e. The molecule has 220 valence electrons. The Kier molecular flexibility index (Phi) is 7.53. The van der Waals surface area contributed by atoms with Gasteiger partial charge in [-0.3, -0.25) is 19.2 Å². The van der Waals surface area contributed by atoms with Gasteiger partial charge in [0.25, 0.3) is 11.8 Å². The molecule has 0 saturated carbocycles. The zero-order valence-corrected chi connectivity index (χ0v) is 22.7. The van der Waals surface area contributed by atoms with Gasteiger partial charge in [0.2, 0.25) is 0 Å². The summed E-state index contributed by atoms with van der Waals surface area (Å²) in [6, 6.07) is 7.65. The zero-order valence-electron chi connectivity index (χ0n) is 21.9. The lowest BCUT2D eigenvalue weighted by Gasteiger charge is -2.29. The lowest BCUT2D eigenvalue weighted by molar-refractivity contribution is -0.141. The minimum atomic E-state index is -4.89. The second kappa shape index (κ2) is 10.4. The number of amides is 2. The number of rotatable bonds is 5. The van der Waals surface area contributed by atoms with Crippen LogP contribution in [0.1, 0.15) is 46.6 Å². The SMILES string of the molecule is Cn1cc(C(=O)NCc2ccc(N3C(=S)N(c4ccc(C#N)c(C(F)(F)F)c4)C(=O)C3(C)C)cc2F)c(C(F)(F)F)n1. The number of thiocarbonyl (C=S) groups is 1. The summed E-state index contributed by atoms with van der Waals surface area (Å²) in [5.41, 5.74) is -5.87. The van der Waals surface area contributed by atoms with E-state index < -0.39 is 64.5 Å². The molecular weight excluding hydrogens is 593 g/mol. The first kappa shape index (κ1) is 30.4. The van der Waals surface area contributed by atoms with Gasteiger partial charge >= 0.3 is 12.4 Å². The van der Waals surface area contributed by atoms with Gasteiger partial charge in [-0.25, -0.2) is 4.39 Å². The first-order chi connectivity index (χ1) is 19.4. The van der Waals surface area contributed by atoms with E-state index in [4.69, 9.17) is 17.5 Å². The maximum atomic E-state index is 15.1. The highest BCUT2D eigenvalue weighted by atomic mass is 32.1. The summed E-state index contributed by atoms with van der Waals surface area (Å²) in [4.78, 5) is 27.8. The second-order valence-electron chi connectivity index (χ2n) is 9.68. The van der Waals surface area contributed by atoms with E-state index in [1.54, 1.807) is 0 Å². The number of hydrogen-bond donors (Lipinski definition) is 1. The molecule has 4 rings (SSSR count). The molecule has 1 saturated heterocycles. The molecule has 0 aliphatic carbocycles. The number of hydrogen-bond acceptors (Lipinski definition) is 5. The number of halogens is 7. The molecule has 2 heterocycles. The van der Waals surface area contributed by atoms with E-state index in [-0.39, 0.29) is 22.1 Å². The Labute approximate surface area is 238 Å². The Morgan fingerprint density at radius 1 is 1.07 bits per heavy atom. The van der Waals surface area contributed by atoms with Gasteiger partial charge in [0.15, 0.2) is 10.8 Å². The lowest BCUT2D eigenvalue weighted by Crippen LogP contribution is -2.44. The van der Waals surface area contributed by atoms with Gasteiger partial charge in [0.1, 0.15) is 11.4 Å². The molecule has 2 aromatic carbocycles. The van der Waals surface area contributed by atoms with E-state index in [0.29, 0.717) is 6.07 Å². The van der Waals surface area contributed by atoms with Crippen molar-refractivity contribution >= 4 is 40.5 Å². The highest BCUT2D eigenvalue weighted by molar-refractivity contribution is 7.81. The van der Waals surface area contributed by atoms with Crippen LogP contribution >= 0.6 is 12.2 Å². The summed E-state index contributed by atoms with van der Waals surface area (Å²) in [5, 5.41) is 14.3. The molecule has 0 radical (unpaired) electrons. The molecule has 8 nitrogen and oxygen atoms in total. The van der Waals surface area contributed by atoms with E-state index in [9.17, 15) is 35.9 Å². The Morgan fingerprint density at radius 3 is 2.29 bits per heavy atom. The van der Waals surface area contributed by atoms with Crippen molar-refractivity contribution in [1.29, 1.82) is 5.26 Å². The first-order valence-electron chi connectivity index (χ1n) is 11.9. The van der Waals surface area contributed by atoms with Crippen LogP contribution in [0.15, 0.2) is 42.6 Å². The number of benzene rings is 2. The summed E-state index contributed by atoms with van der Waals surface area (Å²) >= 11 is 5.42. The molecule has 0 spiro atoms. The van der Waals surface area contributed by atoms with Crippen molar-refractivity contribution in [1.82, 2.24) is 15.1 Å². The van der Waals surface area contributed by atoms with Crippen LogP contribution in [0.5, 0.6) is 0 Å². The van der Waals surface area contributed by atoms with E-state index in [0.717, 1.165) is 34.0 Å². The number of carbonyl (C=O) groups is 2. The number of aromatic nitrogens is 2. The number of nitrogens with zero attached hydrogens (tertiary/aromatic N) is 5. The maximum absolute atomic E-state index is 15.1.